The van der Waals surface area contributed by atoms with Gasteiger partial charge in [-0.05, 0) is 16.7 Å². The Kier molecular flexibility index (Phi) is 2.15. The Balaban J connectivity index is 2.43. The van der Waals surface area contributed by atoms with Crippen LogP contribution in [0.3, 0.4) is 0 Å². The van der Waals surface area contributed by atoms with Crippen molar-refractivity contribution in [2.24, 2.45) is 0 Å². The second-order valence-corrected chi connectivity index (χ2v) is 3.51. The number of rotatable bonds is 2. The monoisotopic (exact) mass is 225 g/mol. The fourth-order valence-electron chi connectivity index (χ4n) is 1.77. The molecule has 0 fully saturated rings. The molecule has 0 atom stereocenters. The molecule has 1 aromatic carbocycles. The molecule has 1 aliphatic heterocycles. The van der Waals surface area contributed by atoms with E-state index in [9.17, 15) is 4.79 Å². The van der Waals surface area contributed by atoms with Crippen molar-refractivity contribution in [2.75, 3.05) is 0 Å². The van der Waals surface area contributed by atoms with Gasteiger partial charge < -0.3 is 4.74 Å². The van der Waals surface area contributed by atoms with Crippen LogP contribution < -0.4 is 4.74 Å². The van der Waals surface area contributed by atoms with Crippen LogP contribution in [0.4, 0.5) is 0 Å². The summed E-state index contributed by atoms with van der Waals surface area (Å²) in [6.45, 7) is 0.400. The van der Waals surface area contributed by atoms with Crippen molar-refractivity contribution < 1.29 is 9.53 Å². The van der Waals surface area contributed by atoms with Gasteiger partial charge in [0.25, 0.3) is 6.47 Å². The van der Waals surface area contributed by atoms with Crippen LogP contribution in [0, 0.1) is 0 Å². The lowest BCUT2D eigenvalue weighted by molar-refractivity contribution is -0.120. The fraction of sp³-hybridized carbons (Fsp3) is 0. The third kappa shape index (κ3) is 1.57. The first-order valence-electron chi connectivity index (χ1n) is 5.00. The average Bonchev–Trinajstić information content (AvgIpc) is 2.71. The van der Waals surface area contributed by atoms with Crippen LogP contribution in [0.5, 0.6) is 5.75 Å². The van der Waals surface area contributed by atoms with Gasteiger partial charge in [-0.2, -0.15) is 0 Å². The van der Waals surface area contributed by atoms with Crippen molar-refractivity contribution >= 4 is 17.2 Å². The summed E-state index contributed by atoms with van der Waals surface area (Å²) in [7, 11) is 0. The van der Waals surface area contributed by atoms with Crippen molar-refractivity contribution in [2.45, 2.75) is 0 Å². The zero-order valence-electron chi connectivity index (χ0n) is 8.70. The highest BCUT2D eigenvalue weighted by Gasteiger charge is 2.10. The Morgan fingerprint density at radius 2 is 1.82 bits per heavy atom. The molecule has 0 saturated carbocycles. The van der Waals surface area contributed by atoms with E-state index in [2.05, 4.69) is 15.4 Å². The summed E-state index contributed by atoms with van der Waals surface area (Å²) < 4.78 is 4.98. The zero-order chi connectivity index (χ0) is 11.7. The molecular formula is C12H7N3O2. The second kappa shape index (κ2) is 3.79. The lowest BCUT2D eigenvalue weighted by atomic mass is 10.2. The molecule has 1 heterocycles. The number of ether oxygens (including phenoxy) is 1. The lowest BCUT2D eigenvalue weighted by Gasteiger charge is -1.98. The van der Waals surface area contributed by atoms with Crippen LogP contribution >= 0.6 is 0 Å². The summed E-state index contributed by atoms with van der Waals surface area (Å²) in [5, 5.41) is 13.1. The molecule has 0 radical (unpaired) electrons. The molecule has 0 spiro atoms. The van der Waals surface area contributed by atoms with Crippen molar-refractivity contribution in [1.29, 1.82) is 0 Å². The maximum Gasteiger partial charge on any atom is 0.298 e. The molecule has 0 N–H and O–H groups in total. The first kappa shape index (κ1) is 9.65. The molecule has 0 saturated heterocycles. The Morgan fingerprint density at radius 3 is 2.65 bits per heavy atom. The summed E-state index contributed by atoms with van der Waals surface area (Å²) in [5.74, 6) is 0.452. The maximum atomic E-state index is 10.5. The van der Waals surface area contributed by atoms with Crippen LogP contribution in [0.1, 0.15) is 0 Å². The SMILES string of the molecule is O=COc1cc2nnnc-2cc2ccccc12. The first-order valence-corrected chi connectivity index (χ1v) is 5.00. The van der Waals surface area contributed by atoms with Gasteiger partial charge in [-0.25, -0.2) is 0 Å². The third-order valence-corrected chi connectivity index (χ3v) is 2.53. The molecular weight excluding hydrogens is 218 g/mol. The number of carbonyl (C=O) groups excluding carboxylic acids is 1. The second-order valence-electron chi connectivity index (χ2n) is 3.51. The molecule has 82 valence electrons. The minimum absolute atomic E-state index is 0.400. The Morgan fingerprint density at radius 1 is 1.06 bits per heavy atom. The van der Waals surface area contributed by atoms with Gasteiger partial charge in [-0.15, -0.1) is 10.2 Å². The van der Waals surface area contributed by atoms with E-state index in [1.54, 1.807) is 6.07 Å². The molecule has 1 aromatic rings. The predicted octanol–water partition coefficient (Wildman–Crippen LogP) is 1.66. The van der Waals surface area contributed by atoms with Gasteiger partial charge in [0.15, 0.2) is 0 Å². The smallest absolute Gasteiger partial charge is 0.298 e. The molecule has 5 heteroatoms. The summed E-state index contributed by atoms with van der Waals surface area (Å²) >= 11 is 0. The van der Waals surface area contributed by atoms with Crippen LogP contribution in [0.25, 0.3) is 22.2 Å². The number of carbonyl (C=O) groups is 1. The minimum Gasteiger partial charge on any atom is -0.428 e. The molecule has 0 aromatic heterocycles. The number of aromatic nitrogens is 3. The zero-order valence-corrected chi connectivity index (χ0v) is 8.70. The predicted molar refractivity (Wildman–Crippen MR) is 60.6 cm³/mol. The van der Waals surface area contributed by atoms with E-state index in [0.29, 0.717) is 23.6 Å². The van der Waals surface area contributed by atoms with Crippen LogP contribution in [-0.2, 0) is 4.79 Å². The lowest BCUT2D eigenvalue weighted by Crippen LogP contribution is -1.87. The molecule has 0 amide bonds. The van der Waals surface area contributed by atoms with E-state index in [4.69, 9.17) is 4.74 Å². The summed E-state index contributed by atoms with van der Waals surface area (Å²) in [6, 6.07) is 11.1. The molecule has 17 heavy (non-hydrogen) atoms. The average molecular weight is 225 g/mol. The number of nitrogens with zero attached hydrogens (tertiary/aromatic N) is 3. The number of fused-ring (bicyclic) bond motifs is 2. The molecule has 3 rings (SSSR count). The summed E-state index contributed by atoms with van der Waals surface area (Å²) in [5.41, 5.74) is 1.26. The molecule has 5 nitrogen and oxygen atoms in total. The Labute approximate surface area is 96.4 Å². The van der Waals surface area contributed by atoms with Gasteiger partial charge in [-0.3, -0.25) is 4.79 Å². The van der Waals surface area contributed by atoms with Crippen LogP contribution in [-0.4, -0.2) is 21.9 Å². The van der Waals surface area contributed by atoms with E-state index < -0.39 is 0 Å². The highest BCUT2D eigenvalue weighted by molar-refractivity contribution is 5.91. The third-order valence-electron chi connectivity index (χ3n) is 2.53. The number of hydrogen-bond donors (Lipinski definition) is 0. The largest absolute Gasteiger partial charge is 0.428 e. The fourth-order valence-corrected chi connectivity index (χ4v) is 1.77. The van der Waals surface area contributed by atoms with E-state index in [1.165, 1.54) is 0 Å². The van der Waals surface area contributed by atoms with Crippen molar-refractivity contribution in [3.8, 4) is 17.1 Å². The minimum atomic E-state index is 0.400. The Bertz CT molecular complexity index is 669. The van der Waals surface area contributed by atoms with E-state index in [-0.39, 0.29) is 0 Å². The van der Waals surface area contributed by atoms with Crippen molar-refractivity contribution in [3.63, 3.8) is 0 Å². The summed E-state index contributed by atoms with van der Waals surface area (Å²) in [6.07, 6.45) is 0. The number of hydrogen-bond acceptors (Lipinski definition) is 5. The van der Waals surface area contributed by atoms with Gasteiger partial charge in [-0.1, -0.05) is 24.3 Å². The van der Waals surface area contributed by atoms with Gasteiger partial charge in [0.05, 0.1) is 0 Å². The van der Waals surface area contributed by atoms with Crippen LogP contribution in [0.15, 0.2) is 36.4 Å². The van der Waals surface area contributed by atoms with Crippen molar-refractivity contribution in [1.82, 2.24) is 15.4 Å². The topological polar surface area (TPSA) is 65.0 Å². The highest BCUT2D eigenvalue weighted by Crippen LogP contribution is 2.29. The highest BCUT2D eigenvalue weighted by atomic mass is 16.5. The molecule has 2 aliphatic rings. The van der Waals surface area contributed by atoms with Crippen molar-refractivity contribution in [3.05, 3.63) is 36.4 Å². The number of benzene rings is 1. The molecule has 0 bridgehead atoms. The van der Waals surface area contributed by atoms with Gasteiger partial charge >= 0.3 is 0 Å². The normalized spacial score (nSPS) is 10.6. The van der Waals surface area contributed by atoms with Gasteiger partial charge in [0.2, 0.25) is 0 Å². The first-order chi connectivity index (χ1) is 8.38. The maximum absolute atomic E-state index is 10.5. The molecule has 0 unspecified atom stereocenters. The van der Waals surface area contributed by atoms with Crippen LogP contribution in [0.2, 0.25) is 0 Å². The summed E-state index contributed by atoms with van der Waals surface area (Å²) in [4.78, 5) is 10.5. The van der Waals surface area contributed by atoms with E-state index >= 15 is 0 Å². The van der Waals surface area contributed by atoms with E-state index in [1.807, 2.05) is 30.3 Å². The quantitative estimate of drug-likeness (QED) is 0.620. The van der Waals surface area contributed by atoms with Gasteiger partial charge in [0, 0.05) is 11.5 Å². The van der Waals surface area contributed by atoms with E-state index in [0.717, 1.165) is 10.8 Å². The van der Waals surface area contributed by atoms with Gasteiger partial charge in [0.1, 0.15) is 17.1 Å². The molecule has 1 aliphatic carbocycles. The standard InChI is InChI=1S/C12H7N3O2/c16-7-17-12-6-11-10(13-15-14-11)5-8-3-1-2-4-9(8)12/h1-7H. The Hall–Kier alpha value is -2.56.